The van der Waals surface area contributed by atoms with E-state index in [4.69, 9.17) is 9.97 Å². The number of hydrogen-bond donors (Lipinski definition) is 0. The second-order valence-electron chi connectivity index (χ2n) is 13.8. The maximum absolute atomic E-state index is 5.12. The lowest BCUT2D eigenvalue weighted by molar-refractivity contribution is 1.08. The second kappa shape index (κ2) is 12.1. The highest BCUT2D eigenvalue weighted by Gasteiger charge is 2.20. The van der Waals surface area contributed by atoms with Crippen molar-refractivity contribution >= 4 is 54.4 Å². The van der Waals surface area contributed by atoms with E-state index in [0.717, 1.165) is 56.2 Å². The number of fused-ring (bicyclic) bond motifs is 9. The maximum Gasteiger partial charge on any atom is 0.138 e. The van der Waals surface area contributed by atoms with Crippen molar-refractivity contribution < 1.29 is 0 Å². The first-order valence-corrected chi connectivity index (χ1v) is 18.3. The topological polar surface area (TPSA) is 35.6 Å². The molecule has 0 saturated carbocycles. The van der Waals surface area contributed by atoms with Gasteiger partial charge in [-0.1, -0.05) is 127 Å². The van der Waals surface area contributed by atoms with Crippen LogP contribution in [-0.4, -0.2) is 19.1 Å². The molecule has 11 aromatic rings. The van der Waals surface area contributed by atoms with Crippen molar-refractivity contribution in [2.75, 3.05) is 0 Å². The van der Waals surface area contributed by atoms with Crippen molar-refractivity contribution in [3.8, 4) is 45.1 Å². The van der Waals surface area contributed by atoms with Crippen LogP contribution in [0.4, 0.5) is 0 Å². The summed E-state index contributed by atoms with van der Waals surface area (Å²) in [5.41, 5.74) is 12.0. The van der Waals surface area contributed by atoms with Gasteiger partial charge >= 0.3 is 0 Å². The van der Waals surface area contributed by atoms with Crippen molar-refractivity contribution in [3.63, 3.8) is 0 Å². The molecule has 252 valence electrons. The van der Waals surface area contributed by atoms with E-state index < -0.39 is 0 Å². The van der Waals surface area contributed by atoms with Crippen LogP contribution in [0.1, 0.15) is 0 Å². The number of nitrogens with zero attached hydrogens (tertiary/aromatic N) is 4. The number of benzene rings is 7. The monoisotopic (exact) mass is 688 g/mol. The predicted molar refractivity (Wildman–Crippen MR) is 225 cm³/mol. The summed E-state index contributed by atoms with van der Waals surface area (Å²) in [6.07, 6.45) is 1.93. The molecule has 0 aliphatic carbocycles. The summed E-state index contributed by atoms with van der Waals surface area (Å²) in [6.45, 7) is 0. The zero-order chi connectivity index (χ0) is 35.6. The molecule has 4 heterocycles. The fourth-order valence-electron chi connectivity index (χ4n) is 8.37. The Bertz CT molecular complexity index is 3140. The number of aromatic nitrogens is 4. The molecule has 0 saturated heterocycles. The highest BCUT2D eigenvalue weighted by Crippen LogP contribution is 2.42. The number of hydrogen-bond acceptors (Lipinski definition) is 2. The molecule has 0 radical (unpaired) electrons. The minimum absolute atomic E-state index is 0.874. The molecule has 0 amide bonds. The fourth-order valence-corrected chi connectivity index (χ4v) is 8.37. The van der Waals surface area contributed by atoms with Crippen LogP contribution in [0, 0.1) is 0 Å². The van der Waals surface area contributed by atoms with Gasteiger partial charge in [0, 0.05) is 44.6 Å². The van der Waals surface area contributed by atoms with Crippen molar-refractivity contribution in [2.45, 2.75) is 0 Å². The van der Waals surface area contributed by atoms with E-state index in [1.54, 1.807) is 0 Å². The largest absolute Gasteiger partial charge is 0.309 e. The third-order valence-electron chi connectivity index (χ3n) is 10.8. The van der Waals surface area contributed by atoms with Gasteiger partial charge in [-0.05, 0) is 82.6 Å². The summed E-state index contributed by atoms with van der Waals surface area (Å²) in [5, 5.41) is 7.44. The van der Waals surface area contributed by atoms with Gasteiger partial charge in [0.2, 0.25) is 0 Å². The van der Waals surface area contributed by atoms with Gasteiger partial charge in [-0.25, -0.2) is 9.97 Å². The van der Waals surface area contributed by atoms with Gasteiger partial charge in [0.1, 0.15) is 5.82 Å². The molecule has 4 heteroatoms. The first-order chi connectivity index (χ1) is 26.8. The molecule has 0 unspecified atom stereocenters. The van der Waals surface area contributed by atoms with Crippen LogP contribution in [-0.2, 0) is 0 Å². The molecule has 0 fully saturated rings. The zero-order valence-electron chi connectivity index (χ0n) is 29.3. The lowest BCUT2D eigenvalue weighted by Gasteiger charge is -2.12. The average Bonchev–Trinajstić information content (AvgIpc) is 3.78. The Morgan fingerprint density at radius 1 is 0.333 bits per heavy atom. The number of rotatable bonds is 5. The molecule has 0 spiro atoms. The smallest absolute Gasteiger partial charge is 0.138 e. The van der Waals surface area contributed by atoms with E-state index in [2.05, 4.69) is 185 Å². The SMILES string of the molecule is c1ccc(-c2cc(-c3ccnc(-n4c5ccccc5c5c6ccc7c(c6ccc54)c4ccccc4n7-c4ccccc4)c3)cc(-c3ccccc3)n2)cc1. The first-order valence-electron chi connectivity index (χ1n) is 18.3. The zero-order valence-corrected chi connectivity index (χ0v) is 29.3. The standard InChI is InChI=1S/C50H32N4/c1-4-14-33(15-5-1)42-30-36(31-43(52-42)34-16-6-2-7-17-34)35-28-29-51-48(32-35)54-45-23-13-11-21-41(45)50-39-24-26-46-49(38(39)25-27-47(50)54)40-20-10-12-22-44(40)53(46)37-18-8-3-9-19-37/h1-32H. The molecule has 7 aromatic carbocycles. The highest BCUT2D eigenvalue weighted by molar-refractivity contribution is 6.29. The van der Waals surface area contributed by atoms with Gasteiger partial charge in [-0.2, -0.15) is 0 Å². The molecule has 0 aliphatic heterocycles. The lowest BCUT2D eigenvalue weighted by Crippen LogP contribution is -1.98. The van der Waals surface area contributed by atoms with E-state index >= 15 is 0 Å². The molecule has 11 rings (SSSR count). The summed E-state index contributed by atoms with van der Waals surface area (Å²) >= 11 is 0. The third kappa shape index (κ3) is 4.70. The van der Waals surface area contributed by atoms with Gasteiger partial charge < -0.3 is 4.57 Å². The quantitative estimate of drug-likeness (QED) is 0.180. The van der Waals surface area contributed by atoms with Gasteiger partial charge in [0.05, 0.1) is 33.5 Å². The van der Waals surface area contributed by atoms with Crippen LogP contribution in [0.3, 0.4) is 0 Å². The Labute approximate surface area is 311 Å². The van der Waals surface area contributed by atoms with Gasteiger partial charge in [0.25, 0.3) is 0 Å². The molecule has 0 atom stereocenters. The minimum atomic E-state index is 0.874. The molecule has 54 heavy (non-hydrogen) atoms. The van der Waals surface area contributed by atoms with Crippen molar-refractivity contribution in [1.82, 2.24) is 19.1 Å². The molecule has 0 N–H and O–H groups in total. The van der Waals surface area contributed by atoms with Crippen LogP contribution in [0.2, 0.25) is 0 Å². The Morgan fingerprint density at radius 3 is 1.43 bits per heavy atom. The van der Waals surface area contributed by atoms with Crippen LogP contribution in [0.15, 0.2) is 194 Å². The van der Waals surface area contributed by atoms with E-state index in [9.17, 15) is 0 Å². The van der Waals surface area contributed by atoms with Gasteiger partial charge in [-0.3, -0.25) is 4.57 Å². The van der Waals surface area contributed by atoms with E-state index in [1.807, 2.05) is 18.3 Å². The number of para-hydroxylation sites is 3. The Morgan fingerprint density at radius 2 is 0.833 bits per heavy atom. The van der Waals surface area contributed by atoms with Crippen molar-refractivity contribution in [1.29, 1.82) is 0 Å². The van der Waals surface area contributed by atoms with E-state index in [0.29, 0.717) is 0 Å². The summed E-state index contributed by atoms with van der Waals surface area (Å²) < 4.78 is 4.71. The predicted octanol–water partition coefficient (Wildman–Crippen LogP) is 12.8. The molecular formula is C50H32N4. The maximum atomic E-state index is 5.12. The van der Waals surface area contributed by atoms with E-state index in [-0.39, 0.29) is 0 Å². The lowest BCUT2D eigenvalue weighted by atomic mass is 9.99. The molecule has 0 bridgehead atoms. The normalized spacial score (nSPS) is 11.7. The van der Waals surface area contributed by atoms with Crippen LogP contribution >= 0.6 is 0 Å². The highest BCUT2D eigenvalue weighted by atomic mass is 15.1. The molecule has 0 aliphatic rings. The first kappa shape index (κ1) is 30.3. The Kier molecular flexibility index (Phi) is 6.82. The number of pyridine rings is 2. The third-order valence-corrected chi connectivity index (χ3v) is 10.8. The summed E-state index contributed by atoms with van der Waals surface area (Å²) in [5.74, 6) is 0.874. The molecular weight excluding hydrogens is 657 g/mol. The van der Waals surface area contributed by atoms with Crippen LogP contribution in [0.25, 0.3) is 99.5 Å². The van der Waals surface area contributed by atoms with Crippen LogP contribution in [0.5, 0.6) is 0 Å². The minimum Gasteiger partial charge on any atom is -0.309 e. The second-order valence-corrected chi connectivity index (χ2v) is 13.8. The van der Waals surface area contributed by atoms with Crippen molar-refractivity contribution in [3.05, 3.63) is 194 Å². The fraction of sp³-hybridized carbons (Fsp3) is 0. The van der Waals surface area contributed by atoms with Gasteiger partial charge in [0.15, 0.2) is 0 Å². The molecule has 4 aromatic heterocycles. The summed E-state index contributed by atoms with van der Waals surface area (Å²) in [4.78, 5) is 10.1. The Balaban J connectivity index is 1.14. The van der Waals surface area contributed by atoms with E-state index in [1.165, 1.54) is 43.4 Å². The molecule has 4 nitrogen and oxygen atoms in total. The Hall–Kier alpha value is -7.30. The van der Waals surface area contributed by atoms with Crippen molar-refractivity contribution in [2.24, 2.45) is 0 Å². The van der Waals surface area contributed by atoms with Crippen LogP contribution < -0.4 is 0 Å². The average molecular weight is 689 g/mol. The van der Waals surface area contributed by atoms with Gasteiger partial charge in [-0.15, -0.1) is 0 Å². The summed E-state index contributed by atoms with van der Waals surface area (Å²) in [6, 6.07) is 66.9. The summed E-state index contributed by atoms with van der Waals surface area (Å²) in [7, 11) is 0.